The molecule has 1 aromatic rings. The Bertz CT molecular complexity index is 524. The van der Waals surface area contributed by atoms with Crippen LogP contribution in [0.1, 0.15) is 31.3 Å². The van der Waals surface area contributed by atoms with Gasteiger partial charge in [0.25, 0.3) is 0 Å². The molecule has 0 saturated heterocycles. The van der Waals surface area contributed by atoms with Gasteiger partial charge < -0.3 is 14.6 Å². The highest BCUT2D eigenvalue weighted by atomic mass is 32.2. The molecule has 0 aliphatic carbocycles. The Kier molecular flexibility index (Phi) is 7.37. The van der Waals surface area contributed by atoms with E-state index in [4.69, 9.17) is 4.42 Å². The van der Waals surface area contributed by atoms with Crippen molar-refractivity contribution < 1.29 is 12.8 Å². The third-order valence-corrected chi connectivity index (χ3v) is 4.58. The molecular weight excluding hydrogens is 290 g/mol. The lowest BCUT2D eigenvalue weighted by Gasteiger charge is -2.09. The Morgan fingerprint density at radius 3 is 2.62 bits per heavy atom. The van der Waals surface area contributed by atoms with Crippen LogP contribution in [0.4, 0.5) is 0 Å². The number of sulfonamides is 1. The van der Waals surface area contributed by atoms with Crippen LogP contribution in [0.25, 0.3) is 0 Å². The SMILES string of the molecule is CCCNCc1cc(S(=O)(=O)NCCCN(C)C)c(C)o1. The minimum atomic E-state index is -3.49. The molecule has 0 atom stereocenters. The van der Waals surface area contributed by atoms with Gasteiger partial charge in [-0.25, -0.2) is 13.1 Å². The molecule has 0 spiro atoms. The largest absolute Gasteiger partial charge is 0.464 e. The van der Waals surface area contributed by atoms with E-state index < -0.39 is 10.0 Å². The van der Waals surface area contributed by atoms with Gasteiger partial charge in [-0.3, -0.25) is 0 Å². The van der Waals surface area contributed by atoms with Gasteiger partial charge in [0.1, 0.15) is 16.4 Å². The summed E-state index contributed by atoms with van der Waals surface area (Å²) in [7, 11) is 0.436. The minimum absolute atomic E-state index is 0.237. The lowest BCUT2D eigenvalue weighted by atomic mass is 10.4. The second-order valence-corrected chi connectivity index (χ2v) is 7.10. The summed E-state index contributed by atoms with van der Waals surface area (Å²) in [5, 5.41) is 3.19. The zero-order chi connectivity index (χ0) is 15.9. The van der Waals surface area contributed by atoms with Crippen LogP contribution < -0.4 is 10.0 Å². The number of rotatable bonds is 10. The topological polar surface area (TPSA) is 74.6 Å². The third-order valence-electron chi connectivity index (χ3n) is 3.01. The van der Waals surface area contributed by atoms with E-state index in [0.29, 0.717) is 24.6 Å². The van der Waals surface area contributed by atoms with Gasteiger partial charge in [0.05, 0.1) is 6.54 Å². The molecule has 0 fully saturated rings. The lowest BCUT2D eigenvalue weighted by Crippen LogP contribution is -2.27. The molecule has 0 unspecified atom stereocenters. The van der Waals surface area contributed by atoms with Crippen molar-refractivity contribution in [2.24, 2.45) is 0 Å². The smallest absolute Gasteiger partial charge is 0.244 e. The molecule has 0 aliphatic heterocycles. The summed E-state index contributed by atoms with van der Waals surface area (Å²) in [5.41, 5.74) is 0. The second-order valence-electron chi connectivity index (χ2n) is 5.36. The number of hydrogen-bond donors (Lipinski definition) is 2. The first-order valence-electron chi connectivity index (χ1n) is 7.31. The lowest BCUT2D eigenvalue weighted by molar-refractivity contribution is 0.400. The normalized spacial score (nSPS) is 12.2. The van der Waals surface area contributed by atoms with E-state index in [-0.39, 0.29) is 4.90 Å². The summed E-state index contributed by atoms with van der Waals surface area (Å²) in [6, 6.07) is 1.60. The molecule has 0 saturated carbocycles. The van der Waals surface area contributed by atoms with Gasteiger partial charge in [0, 0.05) is 12.6 Å². The fraction of sp³-hybridized carbons (Fsp3) is 0.714. The molecule has 0 aliphatic rings. The summed E-state index contributed by atoms with van der Waals surface area (Å²) in [4.78, 5) is 2.26. The van der Waals surface area contributed by atoms with E-state index in [2.05, 4.69) is 17.0 Å². The van der Waals surface area contributed by atoms with Gasteiger partial charge in [0.2, 0.25) is 10.0 Å². The average Bonchev–Trinajstić information content (AvgIpc) is 2.77. The molecule has 1 aromatic heterocycles. The van der Waals surface area contributed by atoms with Crippen LogP contribution in [0.3, 0.4) is 0 Å². The fourth-order valence-corrected chi connectivity index (χ4v) is 3.22. The van der Waals surface area contributed by atoms with Gasteiger partial charge in [-0.15, -0.1) is 0 Å². The molecule has 0 radical (unpaired) electrons. The van der Waals surface area contributed by atoms with Crippen LogP contribution in [-0.4, -0.2) is 47.0 Å². The zero-order valence-electron chi connectivity index (χ0n) is 13.4. The molecule has 122 valence electrons. The average molecular weight is 317 g/mol. The minimum Gasteiger partial charge on any atom is -0.464 e. The van der Waals surface area contributed by atoms with E-state index in [9.17, 15) is 8.42 Å². The number of furan rings is 1. The Morgan fingerprint density at radius 2 is 2.00 bits per heavy atom. The van der Waals surface area contributed by atoms with Gasteiger partial charge >= 0.3 is 0 Å². The third kappa shape index (κ3) is 6.17. The maximum atomic E-state index is 12.2. The molecule has 6 nitrogen and oxygen atoms in total. The fourth-order valence-electron chi connectivity index (χ4n) is 1.95. The maximum Gasteiger partial charge on any atom is 0.244 e. The van der Waals surface area contributed by atoms with Gasteiger partial charge in [-0.1, -0.05) is 6.92 Å². The first-order valence-corrected chi connectivity index (χ1v) is 8.79. The van der Waals surface area contributed by atoms with Crippen LogP contribution in [0.5, 0.6) is 0 Å². The molecule has 0 bridgehead atoms. The van der Waals surface area contributed by atoms with Crippen LogP contribution in [0.15, 0.2) is 15.4 Å². The van der Waals surface area contributed by atoms with E-state index in [0.717, 1.165) is 25.9 Å². The molecule has 21 heavy (non-hydrogen) atoms. The van der Waals surface area contributed by atoms with E-state index in [1.165, 1.54) is 0 Å². The van der Waals surface area contributed by atoms with Crippen molar-refractivity contribution in [3.05, 3.63) is 17.6 Å². The van der Waals surface area contributed by atoms with E-state index >= 15 is 0 Å². The standard InChI is InChI=1S/C14H27N3O3S/c1-5-7-15-11-13-10-14(12(2)20-13)21(18,19)16-8-6-9-17(3)4/h10,15-16H,5-9,11H2,1-4H3. The van der Waals surface area contributed by atoms with Crippen LogP contribution in [0.2, 0.25) is 0 Å². The number of nitrogens with zero attached hydrogens (tertiary/aromatic N) is 1. The molecular formula is C14H27N3O3S. The van der Waals surface area contributed by atoms with Gasteiger partial charge in [0.15, 0.2) is 0 Å². The second kappa shape index (κ2) is 8.53. The molecule has 7 heteroatoms. The Balaban J connectivity index is 2.61. The Hall–Kier alpha value is -0.890. The molecule has 0 amide bonds. The first-order chi connectivity index (χ1) is 9.86. The number of aryl methyl sites for hydroxylation is 1. The van der Waals surface area contributed by atoms with E-state index in [1.54, 1.807) is 13.0 Å². The summed E-state index contributed by atoms with van der Waals surface area (Å²) >= 11 is 0. The van der Waals surface area contributed by atoms with Crippen molar-refractivity contribution in [2.45, 2.75) is 38.1 Å². The molecule has 1 rings (SSSR count). The van der Waals surface area contributed by atoms with Gasteiger partial charge in [-0.05, 0) is 47.0 Å². The summed E-state index contributed by atoms with van der Waals surface area (Å²) in [5.74, 6) is 1.08. The highest BCUT2D eigenvalue weighted by molar-refractivity contribution is 7.89. The molecule has 2 N–H and O–H groups in total. The summed E-state index contributed by atoms with van der Waals surface area (Å²) in [6.07, 6.45) is 1.80. The van der Waals surface area contributed by atoms with Crippen molar-refractivity contribution in [2.75, 3.05) is 33.7 Å². The van der Waals surface area contributed by atoms with Crippen LogP contribution >= 0.6 is 0 Å². The summed E-state index contributed by atoms with van der Waals surface area (Å²) in [6.45, 7) is 6.45. The number of nitrogens with one attached hydrogen (secondary N) is 2. The van der Waals surface area contributed by atoms with Crippen molar-refractivity contribution in [1.82, 2.24) is 14.9 Å². The van der Waals surface area contributed by atoms with Crippen molar-refractivity contribution in [3.63, 3.8) is 0 Å². The van der Waals surface area contributed by atoms with Crippen molar-refractivity contribution in [1.29, 1.82) is 0 Å². The van der Waals surface area contributed by atoms with E-state index in [1.807, 2.05) is 19.0 Å². The predicted molar refractivity (Wildman–Crippen MR) is 83.8 cm³/mol. The summed E-state index contributed by atoms with van der Waals surface area (Å²) < 4.78 is 32.6. The van der Waals surface area contributed by atoms with Crippen LogP contribution in [0, 0.1) is 6.92 Å². The Labute approximate surface area is 127 Å². The molecule has 0 aromatic carbocycles. The highest BCUT2D eigenvalue weighted by Gasteiger charge is 2.20. The number of hydrogen-bond acceptors (Lipinski definition) is 5. The van der Waals surface area contributed by atoms with Crippen molar-refractivity contribution in [3.8, 4) is 0 Å². The van der Waals surface area contributed by atoms with Gasteiger partial charge in [-0.2, -0.15) is 0 Å². The maximum absolute atomic E-state index is 12.2. The zero-order valence-corrected chi connectivity index (χ0v) is 14.2. The first kappa shape index (κ1) is 18.2. The Morgan fingerprint density at radius 1 is 1.29 bits per heavy atom. The van der Waals surface area contributed by atoms with Crippen LogP contribution in [-0.2, 0) is 16.6 Å². The quantitative estimate of drug-likeness (QED) is 0.637. The molecule has 1 heterocycles. The van der Waals surface area contributed by atoms with Crippen molar-refractivity contribution >= 4 is 10.0 Å². The predicted octanol–water partition coefficient (Wildman–Crippen LogP) is 1.32. The monoisotopic (exact) mass is 317 g/mol. The highest BCUT2D eigenvalue weighted by Crippen LogP contribution is 2.19.